The van der Waals surface area contributed by atoms with E-state index in [1.54, 1.807) is 0 Å². The highest BCUT2D eigenvalue weighted by Gasteiger charge is 2.42. The topological polar surface area (TPSA) is 67.0 Å². The van der Waals surface area contributed by atoms with E-state index < -0.39 is 0 Å². The largest absolute Gasteiger partial charge is 0.373 e. The summed E-state index contributed by atoms with van der Waals surface area (Å²) in [5, 5.41) is 3.13. The molecule has 0 unspecified atom stereocenters. The Balaban J connectivity index is 1.29. The summed E-state index contributed by atoms with van der Waals surface area (Å²) in [4.78, 5) is 20.0. The zero-order valence-electron chi connectivity index (χ0n) is 13.3. The monoisotopic (exact) mass is 313 g/mol. The number of carbonyl (C=O) groups is 1. The van der Waals surface area contributed by atoms with Crippen LogP contribution in [0.2, 0.25) is 0 Å². The number of aromatic nitrogens is 2. The van der Waals surface area contributed by atoms with Crippen molar-refractivity contribution >= 4 is 16.9 Å². The average molecular weight is 313 g/mol. The highest BCUT2D eigenvalue weighted by molar-refractivity contribution is 5.77. The fourth-order valence-corrected chi connectivity index (χ4v) is 3.96. The van der Waals surface area contributed by atoms with Crippen LogP contribution in [0.4, 0.5) is 0 Å². The van der Waals surface area contributed by atoms with E-state index in [0.717, 1.165) is 36.1 Å². The Morgan fingerprint density at radius 1 is 1.35 bits per heavy atom. The Bertz CT molecular complexity index is 670. The molecule has 1 aromatic heterocycles. The van der Waals surface area contributed by atoms with E-state index in [4.69, 9.17) is 4.74 Å². The van der Waals surface area contributed by atoms with Gasteiger partial charge < -0.3 is 15.0 Å². The van der Waals surface area contributed by atoms with E-state index in [-0.39, 0.29) is 17.6 Å². The van der Waals surface area contributed by atoms with Gasteiger partial charge in [0.15, 0.2) is 0 Å². The molecule has 1 spiro atoms. The number of benzene rings is 1. The van der Waals surface area contributed by atoms with Crippen molar-refractivity contribution in [3.8, 4) is 0 Å². The average Bonchev–Trinajstić information content (AvgIpc) is 3.26. The number of rotatable bonds is 4. The Morgan fingerprint density at radius 3 is 3.00 bits per heavy atom. The van der Waals surface area contributed by atoms with E-state index in [2.05, 4.69) is 15.3 Å². The zero-order valence-corrected chi connectivity index (χ0v) is 13.3. The summed E-state index contributed by atoms with van der Waals surface area (Å²) in [5.41, 5.74) is 2.04. The molecule has 4 rings (SSSR count). The second-order valence-corrected chi connectivity index (χ2v) is 6.87. The fraction of sp³-hybridized carbons (Fsp3) is 0.556. The predicted octanol–water partition coefficient (Wildman–Crippen LogP) is 2.71. The summed E-state index contributed by atoms with van der Waals surface area (Å²) in [6, 6.07) is 8.11. The van der Waals surface area contributed by atoms with Crippen LogP contribution in [0, 0.1) is 0 Å². The van der Waals surface area contributed by atoms with Crippen molar-refractivity contribution in [2.75, 3.05) is 6.61 Å². The number of hydrogen-bond donors (Lipinski definition) is 2. The molecule has 1 aliphatic heterocycles. The molecule has 23 heavy (non-hydrogen) atoms. The van der Waals surface area contributed by atoms with Gasteiger partial charge >= 0.3 is 0 Å². The lowest BCUT2D eigenvalue weighted by Gasteiger charge is -2.21. The number of para-hydroxylation sites is 2. The number of ether oxygens (including phenoxy) is 1. The molecule has 5 heteroatoms. The normalized spacial score (nSPS) is 22.9. The first-order chi connectivity index (χ1) is 11.2. The van der Waals surface area contributed by atoms with Crippen LogP contribution in [0.5, 0.6) is 0 Å². The van der Waals surface area contributed by atoms with Crippen molar-refractivity contribution in [3.63, 3.8) is 0 Å². The lowest BCUT2D eigenvalue weighted by Crippen LogP contribution is -2.36. The van der Waals surface area contributed by atoms with Crippen molar-refractivity contribution in [2.45, 2.75) is 56.6 Å². The third kappa shape index (κ3) is 3.11. The minimum Gasteiger partial charge on any atom is -0.373 e. The second kappa shape index (κ2) is 5.96. The molecule has 5 nitrogen and oxygen atoms in total. The molecule has 1 aliphatic carbocycles. The van der Waals surface area contributed by atoms with Crippen LogP contribution in [0.25, 0.3) is 11.0 Å². The van der Waals surface area contributed by atoms with Crippen LogP contribution < -0.4 is 5.32 Å². The molecule has 1 atom stereocenters. The molecular weight excluding hydrogens is 290 g/mol. The predicted molar refractivity (Wildman–Crippen MR) is 88.1 cm³/mol. The highest BCUT2D eigenvalue weighted by atomic mass is 16.5. The molecule has 1 amide bonds. The van der Waals surface area contributed by atoms with E-state index in [9.17, 15) is 4.79 Å². The van der Waals surface area contributed by atoms with E-state index >= 15 is 0 Å². The summed E-state index contributed by atoms with van der Waals surface area (Å²) < 4.78 is 5.98. The molecule has 0 radical (unpaired) electrons. The second-order valence-electron chi connectivity index (χ2n) is 6.87. The number of nitrogens with zero attached hydrogens (tertiary/aromatic N) is 1. The Morgan fingerprint density at radius 2 is 2.17 bits per heavy atom. The van der Waals surface area contributed by atoms with Gasteiger partial charge in [0.2, 0.25) is 5.91 Å². The van der Waals surface area contributed by atoms with Crippen LogP contribution in [0.15, 0.2) is 24.3 Å². The van der Waals surface area contributed by atoms with Gasteiger partial charge in [0.25, 0.3) is 0 Å². The minimum atomic E-state index is 0.0662. The number of hydrogen-bond acceptors (Lipinski definition) is 3. The molecule has 1 saturated heterocycles. The van der Waals surface area contributed by atoms with Crippen molar-refractivity contribution in [3.05, 3.63) is 30.1 Å². The van der Waals surface area contributed by atoms with Crippen LogP contribution >= 0.6 is 0 Å². The number of aromatic amines is 1. The van der Waals surface area contributed by atoms with Gasteiger partial charge in [-0.1, -0.05) is 25.0 Å². The zero-order chi connectivity index (χ0) is 15.7. The Kier molecular flexibility index (Phi) is 3.81. The van der Waals surface area contributed by atoms with Crippen LogP contribution in [0.1, 0.15) is 44.3 Å². The summed E-state index contributed by atoms with van der Waals surface area (Å²) in [7, 11) is 0. The first-order valence-electron chi connectivity index (χ1n) is 8.59. The summed E-state index contributed by atoms with van der Waals surface area (Å²) in [5.74, 6) is 0.963. The van der Waals surface area contributed by atoms with Gasteiger partial charge in [-0.25, -0.2) is 4.98 Å². The summed E-state index contributed by atoms with van der Waals surface area (Å²) >= 11 is 0. The van der Waals surface area contributed by atoms with Crippen molar-refractivity contribution in [1.82, 2.24) is 15.3 Å². The van der Waals surface area contributed by atoms with Gasteiger partial charge in [0.05, 0.1) is 29.3 Å². The summed E-state index contributed by atoms with van der Waals surface area (Å²) in [6.07, 6.45) is 6.89. The van der Waals surface area contributed by atoms with Gasteiger partial charge in [-0.3, -0.25) is 4.79 Å². The highest BCUT2D eigenvalue weighted by Crippen LogP contribution is 2.40. The van der Waals surface area contributed by atoms with Crippen molar-refractivity contribution in [1.29, 1.82) is 0 Å². The van der Waals surface area contributed by atoms with Gasteiger partial charge in [0, 0.05) is 12.8 Å². The minimum absolute atomic E-state index is 0.0662. The molecule has 2 N–H and O–H groups in total. The third-order valence-electron chi connectivity index (χ3n) is 5.12. The summed E-state index contributed by atoms with van der Waals surface area (Å²) in [6.45, 7) is 0.663. The maximum atomic E-state index is 12.2. The maximum absolute atomic E-state index is 12.2. The first kappa shape index (κ1) is 14.7. The van der Waals surface area contributed by atoms with Crippen LogP contribution in [0.3, 0.4) is 0 Å². The quantitative estimate of drug-likeness (QED) is 0.912. The standard InChI is InChI=1S/C18H23N3O2/c22-17(19-13-11-18(23-12-13)9-3-4-10-18)8-7-16-20-14-5-1-2-6-15(14)21-16/h1-2,5-6,13H,3-4,7-12H2,(H,19,22)(H,20,21)/t13-/m0/s1. The Hall–Kier alpha value is -1.88. The molecule has 2 fully saturated rings. The van der Waals surface area contributed by atoms with Crippen molar-refractivity contribution in [2.24, 2.45) is 0 Å². The number of fused-ring (bicyclic) bond motifs is 1. The third-order valence-corrected chi connectivity index (χ3v) is 5.12. The first-order valence-corrected chi connectivity index (χ1v) is 8.59. The number of carbonyl (C=O) groups excluding carboxylic acids is 1. The molecule has 2 aromatic rings. The number of imidazole rings is 1. The molecule has 1 saturated carbocycles. The number of nitrogens with one attached hydrogen (secondary N) is 2. The van der Waals surface area contributed by atoms with Crippen LogP contribution in [-0.4, -0.2) is 34.1 Å². The van der Waals surface area contributed by atoms with Gasteiger partial charge in [-0.2, -0.15) is 0 Å². The molecular formula is C18H23N3O2. The molecule has 1 aromatic carbocycles. The molecule has 2 aliphatic rings. The maximum Gasteiger partial charge on any atom is 0.220 e. The molecule has 0 bridgehead atoms. The van der Waals surface area contributed by atoms with Gasteiger partial charge in [0.1, 0.15) is 5.82 Å². The van der Waals surface area contributed by atoms with E-state index in [1.165, 1.54) is 12.8 Å². The Labute approximate surface area is 135 Å². The van der Waals surface area contributed by atoms with E-state index in [1.807, 2.05) is 24.3 Å². The van der Waals surface area contributed by atoms with Crippen LogP contribution in [-0.2, 0) is 16.0 Å². The molecule has 2 heterocycles. The smallest absolute Gasteiger partial charge is 0.220 e. The lowest BCUT2D eigenvalue weighted by molar-refractivity contribution is -0.121. The van der Waals surface area contributed by atoms with Crippen molar-refractivity contribution < 1.29 is 9.53 Å². The number of amides is 1. The van der Waals surface area contributed by atoms with E-state index in [0.29, 0.717) is 19.4 Å². The molecule has 122 valence electrons. The van der Waals surface area contributed by atoms with Gasteiger partial charge in [-0.05, 0) is 31.4 Å². The lowest BCUT2D eigenvalue weighted by atomic mass is 9.96. The number of H-pyrrole nitrogens is 1. The van der Waals surface area contributed by atoms with Gasteiger partial charge in [-0.15, -0.1) is 0 Å². The fourth-order valence-electron chi connectivity index (χ4n) is 3.96. The number of aryl methyl sites for hydroxylation is 1. The SMILES string of the molecule is O=C(CCc1nc2ccccc2[nH]1)N[C@@H]1COC2(CCCC2)C1.